The van der Waals surface area contributed by atoms with Crippen LogP contribution in [0, 0.1) is 6.92 Å². The van der Waals surface area contributed by atoms with Crippen LogP contribution < -0.4 is 15.2 Å². The van der Waals surface area contributed by atoms with Gasteiger partial charge in [-0.1, -0.05) is 24.3 Å². The number of rotatable bonds is 6. The molecule has 0 saturated carbocycles. The van der Waals surface area contributed by atoms with E-state index in [4.69, 9.17) is 15.2 Å². The maximum absolute atomic E-state index is 5.82. The Bertz CT molecular complexity index is 511. The van der Waals surface area contributed by atoms with Crippen molar-refractivity contribution in [3.63, 3.8) is 0 Å². The maximum Gasteiger partial charge on any atom is 0.124 e. The number of ether oxygens (including phenoxy) is 2. The molecule has 0 fully saturated rings. The van der Waals surface area contributed by atoms with Crippen LogP contribution in [0.4, 0.5) is 5.69 Å². The Morgan fingerprint density at radius 3 is 2.42 bits per heavy atom. The number of anilines is 1. The van der Waals surface area contributed by atoms with E-state index in [0.717, 1.165) is 29.2 Å². The Kier molecular flexibility index (Phi) is 4.67. The Labute approximate surface area is 114 Å². The molecule has 0 amide bonds. The lowest BCUT2D eigenvalue weighted by Gasteiger charge is -2.11. The Morgan fingerprint density at radius 2 is 1.63 bits per heavy atom. The van der Waals surface area contributed by atoms with Crippen molar-refractivity contribution in [3.8, 4) is 11.5 Å². The van der Waals surface area contributed by atoms with Crippen LogP contribution in [-0.2, 0) is 0 Å². The van der Waals surface area contributed by atoms with Crippen molar-refractivity contribution >= 4 is 5.69 Å². The monoisotopic (exact) mass is 257 g/mol. The first kappa shape index (κ1) is 13.3. The number of benzene rings is 2. The van der Waals surface area contributed by atoms with Gasteiger partial charge in [-0.2, -0.15) is 0 Å². The molecule has 0 aliphatic heterocycles. The predicted octanol–water partition coefficient (Wildman–Crippen LogP) is 3.43. The minimum Gasteiger partial charge on any atom is -0.493 e. The predicted molar refractivity (Wildman–Crippen MR) is 77.6 cm³/mol. The van der Waals surface area contributed by atoms with Gasteiger partial charge in [-0.3, -0.25) is 0 Å². The van der Waals surface area contributed by atoms with Crippen molar-refractivity contribution in [1.29, 1.82) is 0 Å². The highest BCUT2D eigenvalue weighted by Gasteiger charge is 2.01. The van der Waals surface area contributed by atoms with Gasteiger partial charge in [0.25, 0.3) is 0 Å². The van der Waals surface area contributed by atoms with Crippen molar-refractivity contribution in [2.45, 2.75) is 13.3 Å². The summed E-state index contributed by atoms with van der Waals surface area (Å²) in [5.74, 6) is 1.74. The van der Waals surface area contributed by atoms with Crippen LogP contribution in [0.3, 0.4) is 0 Å². The van der Waals surface area contributed by atoms with Crippen LogP contribution >= 0.6 is 0 Å². The van der Waals surface area contributed by atoms with Crippen molar-refractivity contribution in [2.75, 3.05) is 18.9 Å². The van der Waals surface area contributed by atoms with E-state index in [9.17, 15) is 0 Å². The molecule has 0 bridgehead atoms. The minimum absolute atomic E-state index is 0.622. The van der Waals surface area contributed by atoms with Crippen LogP contribution in [0.2, 0.25) is 0 Å². The van der Waals surface area contributed by atoms with Crippen LogP contribution in [0.5, 0.6) is 11.5 Å². The van der Waals surface area contributed by atoms with Crippen LogP contribution in [-0.4, -0.2) is 13.2 Å². The number of para-hydroxylation sites is 1. The molecule has 19 heavy (non-hydrogen) atoms. The summed E-state index contributed by atoms with van der Waals surface area (Å²) in [5.41, 5.74) is 7.58. The second-order valence-electron chi connectivity index (χ2n) is 4.33. The van der Waals surface area contributed by atoms with Crippen molar-refractivity contribution in [3.05, 3.63) is 54.1 Å². The van der Waals surface area contributed by atoms with Crippen molar-refractivity contribution in [1.82, 2.24) is 0 Å². The number of hydrogen-bond donors (Lipinski definition) is 1. The van der Waals surface area contributed by atoms with Crippen molar-refractivity contribution < 1.29 is 9.47 Å². The summed E-state index contributed by atoms with van der Waals surface area (Å²) in [6, 6.07) is 15.5. The fourth-order valence-electron chi connectivity index (χ4n) is 1.74. The quantitative estimate of drug-likeness (QED) is 0.637. The molecular formula is C16H19NO2. The first-order valence-electron chi connectivity index (χ1n) is 6.43. The highest BCUT2D eigenvalue weighted by Crippen LogP contribution is 2.22. The van der Waals surface area contributed by atoms with E-state index in [1.807, 2.05) is 55.5 Å². The molecule has 2 N–H and O–H groups in total. The van der Waals surface area contributed by atoms with Crippen LogP contribution in [0.1, 0.15) is 12.0 Å². The fraction of sp³-hybridized carbons (Fsp3) is 0.250. The molecule has 0 saturated heterocycles. The summed E-state index contributed by atoms with van der Waals surface area (Å²) in [6.07, 6.45) is 0.836. The molecule has 2 aromatic carbocycles. The molecule has 2 rings (SSSR count). The second kappa shape index (κ2) is 6.69. The molecule has 3 nitrogen and oxygen atoms in total. The maximum atomic E-state index is 5.82. The van der Waals surface area contributed by atoms with Gasteiger partial charge in [-0.15, -0.1) is 0 Å². The van der Waals surface area contributed by atoms with E-state index in [0.29, 0.717) is 13.2 Å². The number of nitrogens with two attached hydrogens (primary N) is 1. The van der Waals surface area contributed by atoms with Gasteiger partial charge in [0.2, 0.25) is 0 Å². The molecule has 0 radical (unpaired) electrons. The summed E-state index contributed by atoms with van der Waals surface area (Å²) >= 11 is 0. The molecule has 0 unspecified atom stereocenters. The van der Waals surface area contributed by atoms with E-state index >= 15 is 0 Å². The standard InChI is InChI=1S/C16H19NO2/c1-13-15(17)9-5-10-16(13)19-12-6-11-18-14-7-3-2-4-8-14/h2-5,7-10H,6,11-12,17H2,1H3. The Hall–Kier alpha value is -2.16. The third-order valence-electron chi connectivity index (χ3n) is 2.88. The lowest BCUT2D eigenvalue weighted by atomic mass is 10.2. The van der Waals surface area contributed by atoms with E-state index in [1.54, 1.807) is 0 Å². The largest absolute Gasteiger partial charge is 0.493 e. The molecule has 0 aromatic heterocycles. The van der Waals surface area contributed by atoms with Gasteiger partial charge in [-0.05, 0) is 31.2 Å². The fourth-order valence-corrected chi connectivity index (χ4v) is 1.74. The summed E-state index contributed by atoms with van der Waals surface area (Å²) in [7, 11) is 0. The summed E-state index contributed by atoms with van der Waals surface area (Å²) < 4.78 is 11.3. The smallest absolute Gasteiger partial charge is 0.124 e. The third kappa shape index (κ3) is 3.91. The molecule has 2 aromatic rings. The zero-order chi connectivity index (χ0) is 13.5. The lowest BCUT2D eigenvalue weighted by molar-refractivity contribution is 0.246. The third-order valence-corrected chi connectivity index (χ3v) is 2.88. The molecule has 0 spiro atoms. The molecule has 0 heterocycles. The van der Waals surface area contributed by atoms with Gasteiger partial charge in [0, 0.05) is 17.7 Å². The van der Waals surface area contributed by atoms with E-state index in [-0.39, 0.29) is 0 Å². The normalized spacial score (nSPS) is 10.2. The lowest BCUT2D eigenvalue weighted by Crippen LogP contribution is -2.06. The Balaban J connectivity index is 1.71. The molecular weight excluding hydrogens is 238 g/mol. The van der Waals surface area contributed by atoms with Crippen molar-refractivity contribution in [2.24, 2.45) is 0 Å². The zero-order valence-corrected chi connectivity index (χ0v) is 11.1. The topological polar surface area (TPSA) is 44.5 Å². The first-order valence-corrected chi connectivity index (χ1v) is 6.43. The van der Waals surface area contributed by atoms with Gasteiger partial charge in [-0.25, -0.2) is 0 Å². The second-order valence-corrected chi connectivity index (χ2v) is 4.33. The van der Waals surface area contributed by atoms with Crippen LogP contribution in [0.25, 0.3) is 0 Å². The average Bonchev–Trinajstić information content (AvgIpc) is 2.44. The number of nitrogen functional groups attached to an aromatic ring is 1. The van der Waals surface area contributed by atoms with E-state index < -0.39 is 0 Å². The molecule has 0 aliphatic rings. The highest BCUT2D eigenvalue weighted by molar-refractivity contribution is 5.53. The highest BCUT2D eigenvalue weighted by atomic mass is 16.5. The van der Waals surface area contributed by atoms with Gasteiger partial charge in [0.05, 0.1) is 13.2 Å². The van der Waals surface area contributed by atoms with E-state index in [1.165, 1.54) is 0 Å². The van der Waals surface area contributed by atoms with Gasteiger partial charge in [0.1, 0.15) is 11.5 Å². The van der Waals surface area contributed by atoms with Crippen LogP contribution in [0.15, 0.2) is 48.5 Å². The number of hydrogen-bond acceptors (Lipinski definition) is 3. The van der Waals surface area contributed by atoms with Gasteiger partial charge >= 0.3 is 0 Å². The molecule has 100 valence electrons. The molecule has 0 atom stereocenters. The van der Waals surface area contributed by atoms with Gasteiger partial charge < -0.3 is 15.2 Å². The SMILES string of the molecule is Cc1c(N)cccc1OCCCOc1ccccc1. The first-order chi connectivity index (χ1) is 9.27. The average molecular weight is 257 g/mol. The molecule has 0 aliphatic carbocycles. The minimum atomic E-state index is 0.622. The summed E-state index contributed by atoms with van der Waals surface area (Å²) in [4.78, 5) is 0. The van der Waals surface area contributed by atoms with Gasteiger partial charge in [0.15, 0.2) is 0 Å². The zero-order valence-electron chi connectivity index (χ0n) is 11.1. The van der Waals surface area contributed by atoms with E-state index in [2.05, 4.69) is 0 Å². The molecule has 3 heteroatoms. The Morgan fingerprint density at radius 1 is 0.895 bits per heavy atom. The summed E-state index contributed by atoms with van der Waals surface area (Å²) in [5, 5.41) is 0. The summed E-state index contributed by atoms with van der Waals surface area (Å²) in [6.45, 7) is 3.23.